The van der Waals surface area contributed by atoms with Gasteiger partial charge in [0.1, 0.15) is 0 Å². The minimum absolute atomic E-state index is 0.172. The normalized spacial score (nSPS) is 11.9. The fourth-order valence-electron chi connectivity index (χ4n) is 1.49. The fourth-order valence-corrected chi connectivity index (χ4v) is 3.47. The zero-order valence-corrected chi connectivity index (χ0v) is 13.3. The third kappa shape index (κ3) is 3.14. The average molecular weight is 362 g/mol. The Morgan fingerprint density at radius 3 is 2.79 bits per heavy atom. The van der Waals surface area contributed by atoms with E-state index in [-0.39, 0.29) is 11.4 Å². The molecular weight excluding hydrogens is 350 g/mol. The van der Waals surface area contributed by atoms with Crippen molar-refractivity contribution in [1.82, 2.24) is 9.29 Å². The number of anilines is 1. The number of nitrogen functional groups attached to an aromatic ring is 1. The lowest BCUT2D eigenvalue weighted by Crippen LogP contribution is -2.26. The van der Waals surface area contributed by atoms with Crippen LogP contribution in [-0.2, 0) is 16.6 Å². The Hall–Kier alpha value is -0.960. The maximum absolute atomic E-state index is 12.4. The van der Waals surface area contributed by atoms with Gasteiger partial charge in [-0.25, -0.2) is 13.4 Å². The fraction of sp³-hybridized carbons (Fsp3) is 0.182. The smallest absolute Gasteiger partial charge is 0.243 e. The van der Waals surface area contributed by atoms with E-state index < -0.39 is 10.0 Å². The minimum Gasteiger partial charge on any atom is -0.398 e. The summed E-state index contributed by atoms with van der Waals surface area (Å²) in [6.45, 7) is 0.238. The van der Waals surface area contributed by atoms with Gasteiger partial charge in [-0.3, -0.25) is 0 Å². The molecule has 1 aromatic carbocycles. The van der Waals surface area contributed by atoms with Crippen LogP contribution < -0.4 is 5.73 Å². The summed E-state index contributed by atoms with van der Waals surface area (Å²) in [7, 11) is -2.04. The highest BCUT2D eigenvalue weighted by Gasteiger charge is 2.22. The lowest BCUT2D eigenvalue weighted by molar-refractivity contribution is 0.463. The number of benzene rings is 1. The predicted molar refractivity (Wildman–Crippen MR) is 79.3 cm³/mol. The molecule has 0 aliphatic carbocycles. The van der Waals surface area contributed by atoms with Gasteiger partial charge in [0.25, 0.3) is 0 Å². The van der Waals surface area contributed by atoms with E-state index in [9.17, 15) is 8.42 Å². The highest BCUT2D eigenvalue weighted by molar-refractivity contribution is 9.10. The molecule has 0 bridgehead atoms. The Morgan fingerprint density at radius 1 is 1.47 bits per heavy atom. The van der Waals surface area contributed by atoms with Gasteiger partial charge in [-0.2, -0.15) is 4.31 Å². The molecule has 8 heteroatoms. The molecule has 0 atom stereocenters. The highest BCUT2D eigenvalue weighted by atomic mass is 79.9. The molecule has 0 spiro atoms. The summed E-state index contributed by atoms with van der Waals surface area (Å²) in [5.74, 6) is 0. The lowest BCUT2D eigenvalue weighted by atomic mass is 10.3. The van der Waals surface area contributed by atoms with Crippen molar-refractivity contribution in [3.05, 3.63) is 39.3 Å². The van der Waals surface area contributed by atoms with Gasteiger partial charge in [0.05, 0.1) is 22.6 Å². The molecule has 0 aliphatic heterocycles. The van der Waals surface area contributed by atoms with Crippen LogP contribution in [-0.4, -0.2) is 24.8 Å². The van der Waals surface area contributed by atoms with Gasteiger partial charge < -0.3 is 5.73 Å². The second-order valence-corrected chi connectivity index (χ2v) is 7.54. The number of hydrogen-bond donors (Lipinski definition) is 1. The van der Waals surface area contributed by atoms with Gasteiger partial charge in [0.15, 0.2) is 0 Å². The summed E-state index contributed by atoms with van der Waals surface area (Å²) < 4.78 is 26.6. The monoisotopic (exact) mass is 361 g/mol. The molecule has 102 valence electrons. The van der Waals surface area contributed by atoms with E-state index in [1.807, 2.05) is 5.38 Å². The van der Waals surface area contributed by atoms with Gasteiger partial charge >= 0.3 is 0 Å². The standard InChI is InChI=1S/C11H12BrN3O2S2/c1-15(5-8-6-18-7-14-8)19(16,17)9-2-3-10(12)11(13)4-9/h2-4,6-7H,5,13H2,1H3. The van der Waals surface area contributed by atoms with Crippen LogP contribution in [0.3, 0.4) is 0 Å². The molecule has 0 amide bonds. The Labute approximate surface area is 124 Å². The van der Waals surface area contributed by atoms with E-state index in [0.29, 0.717) is 10.2 Å². The topological polar surface area (TPSA) is 76.3 Å². The van der Waals surface area contributed by atoms with Crippen LogP contribution in [0.1, 0.15) is 5.69 Å². The third-order valence-corrected chi connectivity index (χ3v) is 5.70. The first-order valence-electron chi connectivity index (χ1n) is 5.29. The molecule has 0 saturated carbocycles. The summed E-state index contributed by atoms with van der Waals surface area (Å²) in [6, 6.07) is 4.59. The first-order valence-corrected chi connectivity index (χ1v) is 8.47. The van der Waals surface area contributed by atoms with E-state index in [1.165, 1.54) is 34.8 Å². The van der Waals surface area contributed by atoms with Crippen molar-refractivity contribution in [2.24, 2.45) is 0 Å². The Bertz CT molecular complexity index is 671. The largest absolute Gasteiger partial charge is 0.398 e. The van der Waals surface area contributed by atoms with Gasteiger partial charge in [-0.05, 0) is 34.1 Å². The molecule has 2 rings (SSSR count). The average Bonchev–Trinajstić information content (AvgIpc) is 2.85. The molecule has 19 heavy (non-hydrogen) atoms. The van der Waals surface area contributed by atoms with Crippen molar-refractivity contribution in [2.75, 3.05) is 12.8 Å². The summed E-state index contributed by atoms with van der Waals surface area (Å²) in [5, 5.41) is 1.82. The molecule has 0 fully saturated rings. The molecule has 1 aromatic heterocycles. The van der Waals surface area contributed by atoms with Crippen LogP contribution in [0, 0.1) is 0 Å². The number of hydrogen-bond acceptors (Lipinski definition) is 5. The Kier molecular flexibility index (Phi) is 4.24. The van der Waals surface area contributed by atoms with Crippen molar-refractivity contribution >= 4 is 43.0 Å². The number of thiazole rings is 1. The number of halogens is 1. The number of sulfonamides is 1. The van der Waals surface area contributed by atoms with Crippen molar-refractivity contribution in [3.63, 3.8) is 0 Å². The first kappa shape index (κ1) is 14.4. The molecule has 1 heterocycles. The van der Waals surface area contributed by atoms with Crippen molar-refractivity contribution in [2.45, 2.75) is 11.4 Å². The lowest BCUT2D eigenvalue weighted by Gasteiger charge is -2.16. The van der Waals surface area contributed by atoms with E-state index in [1.54, 1.807) is 11.6 Å². The second-order valence-electron chi connectivity index (χ2n) is 3.92. The minimum atomic E-state index is -3.56. The third-order valence-electron chi connectivity index (χ3n) is 2.54. The summed E-state index contributed by atoms with van der Waals surface area (Å²) in [4.78, 5) is 4.25. The predicted octanol–water partition coefficient (Wildman–Crippen LogP) is 2.31. The molecule has 0 aliphatic rings. The molecular formula is C11H12BrN3O2S2. The number of aromatic nitrogens is 1. The zero-order chi connectivity index (χ0) is 14.0. The Morgan fingerprint density at radius 2 is 2.21 bits per heavy atom. The first-order chi connectivity index (χ1) is 8.91. The molecule has 0 unspecified atom stereocenters. The van der Waals surface area contributed by atoms with Crippen LogP contribution in [0.15, 0.2) is 38.5 Å². The second kappa shape index (κ2) is 5.58. The maximum Gasteiger partial charge on any atom is 0.243 e. The molecule has 2 N–H and O–H groups in total. The summed E-state index contributed by atoms with van der Waals surface area (Å²) >= 11 is 4.67. The quantitative estimate of drug-likeness (QED) is 0.847. The van der Waals surface area contributed by atoms with Crippen LogP contribution in [0.4, 0.5) is 5.69 Å². The van der Waals surface area contributed by atoms with Gasteiger partial charge in [0.2, 0.25) is 10.0 Å². The zero-order valence-electron chi connectivity index (χ0n) is 10.1. The van der Waals surface area contributed by atoms with Crippen molar-refractivity contribution in [3.8, 4) is 0 Å². The van der Waals surface area contributed by atoms with Gasteiger partial charge in [-0.15, -0.1) is 11.3 Å². The number of rotatable bonds is 4. The highest BCUT2D eigenvalue weighted by Crippen LogP contribution is 2.25. The number of nitrogens with zero attached hydrogens (tertiary/aromatic N) is 2. The Balaban J connectivity index is 2.28. The van der Waals surface area contributed by atoms with E-state index in [0.717, 1.165) is 5.69 Å². The van der Waals surface area contributed by atoms with E-state index in [2.05, 4.69) is 20.9 Å². The summed E-state index contributed by atoms with van der Waals surface area (Å²) in [5.41, 5.74) is 8.50. The van der Waals surface area contributed by atoms with Crippen molar-refractivity contribution < 1.29 is 8.42 Å². The summed E-state index contributed by atoms with van der Waals surface area (Å²) in [6.07, 6.45) is 0. The molecule has 0 radical (unpaired) electrons. The number of nitrogens with two attached hydrogens (primary N) is 1. The van der Waals surface area contributed by atoms with Gasteiger partial charge in [0, 0.05) is 22.6 Å². The van der Waals surface area contributed by atoms with E-state index in [4.69, 9.17) is 5.73 Å². The van der Waals surface area contributed by atoms with Gasteiger partial charge in [-0.1, -0.05) is 0 Å². The van der Waals surface area contributed by atoms with Crippen molar-refractivity contribution in [1.29, 1.82) is 0 Å². The maximum atomic E-state index is 12.4. The molecule has 5 nitrogen and oxygen atoms in total. The van der Waals surface area contributed by atoms with Crippen LogP contribution in [0.2, 0.25) is 0 Å². The molecule has 0 saturated heterocycles. The van der Waals surface area contributed by atoms with Crippen LogP contribution in [0.5, 0.6) is 0 Å². The van der Waals surface area contributed by atoms with E-state index >= 15 is 0 Å². The van der Waals surface area contributed by atoms with Crippen LogP contribution in [0.25, 0.3) is 0 Å². The SMILES string of the molecule is CN(Cc1cscn1)S(=O)(=O)c1ccc(Br)c(N)c1. The molecule has 2 aromatic rings. The van der Waals surface area contributed by atoms with Crippen LogP contribution >= 0.6 is 27.3 Å².